The number of amides is 1. The van der Waals surface area contributed by atoms with E-state index in [1.165, 1.54) is 18.4 Å². The smallest absolute Gasteiger partial charge is 0.329 e. The monoisotopic (exact) mass is 814 g/mol. The van der Waals surface area contributed by atoms with Crippen LogP contribution in [-0.4, -0.2) is 120 Å². The number of carbonyl (C=O) groups is 3. The van der Waals surface area contributed by atoms with Gasteiger partial charge in [-0.1, -0.05) is 44.6 Å². The van der Waals surface area contributed by atoms with Crippen LogP contribution in [0.3, 0.4) is 0 Å². The number of methoxy groups -OCH3 is 3. The van der Waals surface area contributed by atoms with E-state index in [9.17, 15) is 29.7 Å². The molecule has 1 unspecified atom stereocenters. The molecule has 3 N–H and O–H groups in total. The molecule has 13 heteroatoms. The van der Waals surface area contributed by atoms with Crippen molar-refractivity contribution in [1.29, 1.82) is 0 Å². The highest BCUT2D eigenvalue weighted by Crippen LogP contribution is 2.34. The summed E-state index contributed by atoms with van der Waals surface area (Å²) < 4.78 is 29.3. The number of allylic oxidation sites excluding steroid dienone is 4. The van der Waals surface area contributed by atoms with Crippen molar-refractivity contribution >= 4 is 17.7 Å². The maximum atomic E-state index is 14.4. The number of esters is 1. The summed E-state index contributed by atoms with van der Waals surface area (Å²) in [5.41, 5.74) is 2.11. The quantitative estimate of drug-likeness (QED) is 0.213. The second-order valence-electron chi connectivity index (χ2n) is 17.2. The average molecular weight is 815 g/mol. The van der Waals surface area contributed by atoms with Gasteiger partial charge in [0.1, 0.15) is 24.0 Å². The molecule has 1 aromatic rings. The predicted molar refractivity (Wildman–Crippen MR) is 219 cm³/mol. The minimum atomic E-state index is -1.16. The lowest BCUT2D eigenvalue weighted by atomic mass is 9.81. The topological polar surface area (TPSA) is 178 Å². The number of hydrogen-bond donors (Lipinski definition) is 3. The summed E-state index contributed by atoms with van der Waals surface area (Å²) in [6.07, 6.45) is 7.03. The third-order valence-electron chi connectivity index (χ3n) is 12.7. The number of piperidine rings is 1. The standard InChI is InChI=1S/C45H70N2O11/c1-10-13-32-19-26(2)18-27(3)20-38(55-8)41(51)39(56-9)22-28(4)40-43(57-25-46-40)44(52)47-17-12-11-14-33(47)45(53)58-42(30(6)35(49)24-36(32)50)29(5)21-31-15-16-34(48)37(23-31)54-7/h10,19,21,25,27-28,30-35,37-39,41-42,48-49,51H,1,11-18,20,22-24H2,2-9H3/b26-19+,29-21+/t27-,28+,30+,31-,32+,33-,34+,35?,37+,38-,39-,41+,42+/m0/s1. The Morgan fingerprint density at radius 3 is 2.29 bits per heavy atom. The van der Waals surface area contributed by atoms with Gasteiger partial charge in [0.15, 0.2) is 6.39 Å². The molecule has 13 atom stereocenters. The molecule has 1 saturated heterocycles. The molecule has 3 aliphatic rings. The number of nitrogens with zero attached hydrogens (tertiary/aromatic N) is 2. The maximum Gasteiger partial charge on any atom is 0.329 e. The largest absolute Gasteiger partial charge is 0.456 e. The highest BCUT2D eigenvalue weighted by atomic mass is 16.5. The fraction of sp³-hybridized carbons (Fsp3) is 0.733. The number of aromatic nitrogens is 1. The molecule has 1 amide bonds. The van der Waals surface area contributed by atoms with Gasteiger partial charge in [-0.25, -0.2) is 9.78 Å². The molecule has 3 heterocycles. The van der Waals surface area contributed by atoms with Gasteiger partial charge in [0.2, 0.25) is 5.76 Å². The molecule has 1 aliphatic carbocycles. The number of Topliss-reactive ketones (excluding diaryl/α,β-unsaturated/α-hetero) is 1. The minimum absolute atomic E-state index is 0.0188. The van der Waals surface area contributed by atoms with E-state index in [1.54, 1.807) is 27.2 Å². The number of cyclic esters (lactones) is 1. The molecule has 13 nitrogen and oxygen atoms in total. The Kier molecular flexibility index (Phi) is 18.3. The maximum absolute atomic E-state index is 14.4. The van der Waals surface area contributed by atoms with Crippen LogP contribution in [0.25, 0.3) is 0 Å². The van der Waals surface area contributed by atoms with Crippen molar-refractivity contribution in [3.8, 4) is 0 Å². The molecule has 0 spiro atoms. The lowest BCUT2D eigenvalue weighted by Gasteiger charge is -2.37. The number of aliphatic hydroxyl groups is 3. The van der Waals surface area contributed by atoms with Crippen molar-refractivity contribution in [1.82, 2.24) is 9.88 Å². The van der Waals surface area contributed by atoms with Gasteiger partial charge < -0.3 is 43.6 Å². The number of aliphatic hydroxyl groups excluding tert-OH is 3. The molecule has 0 radical (unpaired) electrons. The first-order valence-electron chi connectivity index (χ1n) is 21.2. The highest BCUT2D eigenvalue weighted by molar-refractivity contribution is 5.95. The van der Waals surface area contributed by atoms with E-state index in [-0.39, 0.29) is 41.8 Å². The molecule has 0 bridgehead atoms. The molecule has 2 fully saturated rings. The second kappa shape index (κ2) is 22.4. The van der Waals surface area contributed by atoms with E-state index < -0.39 is 66.4 Å². The van der Waals surface area contributed by atoms with Crippen LogP contribution >= 0.6 is 0 Å². The number of hydrogen-bond acceptors (Lipinski definition) is 12. The van der Waals surface area contributed by atoms with E-state index in [0.29, 0.717) is 82.0 Å². The van der Waals surface area contributed by atoms with Gasteiger partial charge in [-0.2, -0.15) is 0 Å². The Labute approximate surface area is 345 Å². The summed E-state index contributed by atoms with van der Waals surface area (Å²) in [6, 6.07) is -0.928. The molecule has 1 saturated carbocycles. The molecule has 326 valence electrons. The summed E-state index contributed by atoms with van der Waals surface area (Å²) in [4.78, 5) is 48.5. The van der Waals surface area contributed by atoms with Crippen LogP contribution in [0.4, 0.5) is 0 Å². The van der Waals surface area contributed by atoms with Crippen LogP contribution in [0, 0.1) is 23.7 Å². The first-order chi connectivity index (χ1) is 27.6. The minimum Gasteiger partial charge on any atom is -0.456 e. The molecule has 2 aliphatic heterocycles. The second-order valence-corrected chi connectivity index (χ2v) is 17.2. The Morgan fingerprint density at radius 2 is 1.62 bits per heavy atom. The van der Waals surface area contributed by atoms with E-state index in [2.05, 4.69) is 18.5 Å². The average Bonchev–Trinajstić information content (AvgIpc) is 3.70. The summed E-state index contributed by atoms with van der Waals surface area (Å²) in [5.74, 6) is -2.70. The number of fused-ring (bicyclic) bond motifs is 2. The number of carbonyl (C=O) groups excluding carboxylic acids is 3. The van der Waals surface area contributed by atoms with Crippen molar-refractivity contribution in [2.24, 2.45) is 23.7 Å². The van der Waals surface area contributed by atoms with Crippen LogP contribution in [0.1, 0.15) is 127 Å². The van der Waals surface area contributed by atoms with Crippen molar-refractivity contribution in [2.45, 2.75) is 160 Å². The first kappa shape index (κ1) is 47.5. The van der Waals surface area contributed by atoms with Crippen molar-refractivity contribution < 1.29 is 53.1 Å². The van der Waals surface area contributed by atoms with E-state index in [0.717, 1.165) is 5.57 Å². The Bertz CT molecular complexity index is 1570. The van der Waals surface area contributed by atoms with Gasteiger partial charge >= 0.3 is 5.97 Å². The number of oxazole rings is 1. The van der Waals surface area contributed by atoms with Crippen molar-refractivity contribution in [2.75, 3.05) is 27.9 Å². The first-order valence-corrected chi connectivity index (χ1v) is 21.2. The van der Waals surface area contributed by atoms with Gasteiger partial charge in [-0.05, 0) is 95.5 Å². The van der Waals surface area contributed by atoms with Gasteiger partial charge in [0, 0.05) is 52.0 Å². The third-order valence-corrected chi connectivity index (χ3v) is 12.7. The molecule has 4 rings (SSSR count). The lowest BCUT2D eigenvalue weighted by Crippen LogP contribution is -2.50. The normalized spacial score (nSPS) is 36.9. The van der Waals surface area contributed by atoms with Crippen LogP contribution in [0.15, 0.2) is 46.8 Å². The lowest BCUT2D eigenvalue weighted by molar-refractivity contribution is -0.158. The Hall–Kier alpha value is -3.20. The molecular weight excluding hydrogens is 744 g/mol. The SMILES string of the molecule is C=CC[C@@H]1/C=C(\C)C[C@H](C)C[C@H](OC)[C@@H](O)[C@@H](OC)C[C@@H](C)c2ncoc2C(=O)N2CCCC[C@H]2C(=O)O[C@H](/C(C)=C/[C@@H]2CC[C@@H](O)[C@H](OC)C2)[C@H](C)C(O)CC1=O. The van der Waals surface area contributed by atoms with Crippen LogP contribution in [-0.2, 0) is 28.5 Å². The van der Waals surface area contributed by atoms with E-state index in [1.807, 2.05) is 32.9 Å². The van der Waals surface area contributed by atoms with E-state index >= 15 is 0 Å². The van der Waals surface area contributed by atoms with Crippen molar-refractivity contribution in [3.63, 3.8) is 0 Å². The molecule has 1 aromatic heterocycles. The van der Waals surface area contributed by atoms with Crippen LogP contribution in [0.2, 0.25) is 0 Å². The third kappa shape index (κ3) is 12.2. The van der Waals surface area contributed by atoms with Crippen LogP contribution < -0.4 is 0 Å². The predicted octanol–water partition coefficient (Wildman–Crippen LogP) is 6.11. The zero-order valence-electron chi connectivity index (χ0n) is 36.0. The summed E-state index contributed by atoms with van der Waals surface area (Å²) in [5, 5.41) is 33.8. The Morgan fingerprint density at radius 1 is 0.931 bits per heavy atom. The molecular formula is C45H70N2O11. The summed E-state index contributed by atoms with van der Waals surface area (Å²) in [6.45, 7) is 13.8. The van der Waals surface area contributed by atoms with E-state index in [4.69, 9.17) is 23.4 Å². The fourth-order valence-electron chi connectivity index (χ4n) is 9.26. The highest BCUT2D eigenvalue weighted by Gasteiger charge is 2.41. The van der Waals surface area contributed by atoms with Crippen molar-refractivity contribution in [3.05, 3.63) is 53.8 Å². The van der Waals surface area contributed by atoms with Gasteiger partial charge in [0.25, 0.3) is 5.91 Å². The van der Waals surface area contributed by atoms with Gasteiger partial charge in [-0.3, -0.25) is 9.59 Å². The number of ketones is 1. The number of rotatable bonds is 7. The van der Waals surface area contributed by atoms with Crippen LogP contribution in [0.5, 0.6) is 0 Å². The molecule has 0 aromatic carbocycles. The fourth-order valence-corrected chi connectivity index (χ4v) is 9.26. The Balaban J connectivity index is 1.75. The zero-order chi connectivity index (χ0) is 42.7. The van der Waals surface area contributed by atoms with Gasteiger partial charge in [-0.15, -0.1) is 6.58 Å². The molecule has 58 heavy (non-hydrogen) atoms. The van der Waals surface area contributed by atoms with Gasteiger partial charge in [0.05, 0.1) is 36.2 Å². The number of ether oxygens (including phenoxy) is 4. The summed E-state index contributed by atoms with van der Waals surface area (Å²) >= 11 is 0. The zero-order valence-corrected chi connectivity index (χ0v) is 36.0. The summed E-state index contributed by atoms with van der Waals surface area (Å²) in [7, 11) is 4.67.